The number of ether oxygens (including phenoxy) is 1. The van der Waals surface area contributed by atoms with Gasteiger partial charge in [-0.25, -0.2) is 9.79 Å². The van der Waals surface area contributed by atoms with Crippen LogP contribution in [0.5, 0.6) is 0 Å². The number of esters is 1. The van der Waals surface area contributed by atoms with Gasteiger partial charge in [0, 0.05) is 4.88 Å². The van der Waals surface area contributed by atoms with Crippen LogP contribution in [0.3, 0.4) is 0 Å². The molecule has 0 saturated heterocycles. The highest BCUT2D eigenvalue weighted by molar-refractivity contribution is 7.15. The highest BCUT2D eigenvalue weighted by Crippen LogP contribution is 2.29. The van der Waals surface area contributed by atoms with Crippen molar-refractivity contribution in [2.75, 3.05) is 6.61 Å². The fourth-order valence-corrected chi connectivity index (χ4v) is 2.72. The maximum Gasteiger partial charge on any atom is 0.329 e. The number of rotatable bonds is 9. The van der Waals surface area contributed by atoms with Gasteiger partial charge in [-0.3, -0.25) is 9.69 Å². The van der Waals surface area contributed by atoms with Gasteiger partial charge >= 0.3 is 5.97 Å². The first-order valence-electron chi connectivity index (χ1n) is 10.9. The van der Waals surface area contributed by atoms with Crippen molar-refractivity contribution in [2.45, 2.75) is 101 Å². The Balaban J connectivity index is -0.000000733. The first-order valence-corrected chi connectivity index (χ1v) is 11.8. The Morgan fingerprint density at radius 3 is 2.00 bits per heavy atom. The molecular weight excluding hydrogens is 384 g/mol. The molecule has 0 radical (unpaired) electrons. The van der Waals surface area contributed by atoms with Gasteiger partial charge in [-0.15, -0.1) is 11.3 Å². The molecule has 170 valence electrons. The van der Waals surface area contributed by atoms with Crippen LogP contribution in [0, 0.1) is 13.8 Å². The van der Waals surface area contributed by atoms with Crippen LogP contribution in [0.4, 0.5) is 5.00 Å². The molecule has 0 fully saturated rings. The Hall–Kier alpha value is -1.69. The molecule has 0 saturated carbocycles. The molecule has 5 nitrogen and oxygen atoms in total. The summed E-state index contributed by atoms with van der Waals surface area (Å²) in [6, 6.07) is 1.41. The second-order valence-electron chi connectivity index (χ2n) is 5.73. The molecular formula is C23H44N2O3S. The predicted octanol–water partition coefficient (Wildman–Crippen LogP) is 7.07. The number of aliphatic imine (C=N–C) groups is 1. The molecule has 1 aromatic rings. The van der Waals surface area contributed by atoms with Crippen LogP contribution in [-0.4, -0.2) is 36.3 Å². The van der Waals surface area contributed by atoms with Gasteiger partial charge in [0.25, 0.3) is 0 Å². The van der Waals surface area contributed by atoms with Gasteiger partial charge in [-0.1, -0.05) is 68.2 Å². The Morgan fingerprint density at radius 2 is 1.66 bits per heavy atom. The molecule has 0 bridgehead atoms. The minimum absolute atomic E-state index is 0.363. The van der Waals surface area contributed by atoms with Gasteiger partial charge in [-0.2, -0.15) is 0 Å². The molecule has 1 unspecified atom stereocenters. The van der Waals surface area contributed by atoms with Crippen molar-refractivity contribution in [3.05, 3.63) is 16.5 Å². The van der Waals surface area contributed by atoms with Crippen LogP contribution >= 0.6 is 11.3 Å². The molecule has 29 heavy (non-hydrogen) atoms. The van der Waals surface area contributed by atoms with Crippen LogP contribution in [-0.2, 0) is 14.3 Å². The summed E-state index contributed by atoms with van der Waals surface area (Å²) in [5.74, 6) is -0.392. The molecule has 1 aromatic heterocycles. The molecule has 0 spiro atoms. The fourth-order valence-electron chi connectivity index (χ4n) is 1.86. The van der Waals surface area contributed by atoms with E-state index in [9.17, 15) is 9.59 Å². The number of nitrogens with zero attached hydrogens (tertiary/aromatic N) is 2. The van der Waals surface area contributed by atoms with E-state index >= 15 is 0 Å². The van der Waals surface area contributed by atoms with Gasteiger partial charge in [0.05, 0.1) is 12.9 Å². The van der Waals surface area contributed by atoms with E-state index in [1.807, 2.05) is 61.5 Å². The molecule has 0 aromatic carbocycles. The van der Waals surface area contributed by atoms with Crippen LogP contribution in [0.1, 0.15) is 91.5 Å². The number of thiophene rings is 1. The van der Waals surface area contributed by atoms with Gasteiger partial charge < -0.3 is 4.74 Å². The maximum atomic E-state index is 11.9. The monoisotopic (exact) mass is 428 g/mol. The number of carbonyl (C=O) groups excluding carboxylic acids is 2. The van der Waals surface area contributed by atoms with Crippen molar-refractivity contribution in [1.29, 1.82) is 0 Å². The smallest absolute Gasteiger partial charge is 0.329 e. The summed E-state index contributed by atoms with van der Waals surface area (Å²) in [6.45, 7) is 20.5. The SMILES string of the molecule is CC.CC.CCCC.CCCOC(=O)C(CC)N(C=O)/C=N\c1sc(C)cc1C. The second-order valence-corrected chi connectivity index (χ2v) is 6.97. The highest BCUT2D eigenvalue weighted by atomic mass is 32.1. The summed E-state index contributed by atoms with van der Waals surface area (Å²) < 4.78 is 5.11. The van der Waals surface area contributed by atoms with Crippen molar-refractivity contribution in [3.8, 4) is 0 Å². The van der Waals surface area contributed by atoms with Crippen molar-refractivity contribution in [3.63, 3.8) is 0 Å². The number of amides is 1. The lowest BCUT2D eigenvalue weighted by atomic mass is 10.2. The number of carbonyl (C=O) groups is 2. The predicted molar refractivity (Wildman–Crippen MR) is 128 cm³/mol. The van der Waals surface area contributed by atoms with Gasteiger partial charge in [0.1, 0.15) is 11.0 Å². The Kier molecular flexibility index (Phi) is 24.9. The van der Waals surface area contributed by atoms with Crippen LogP contribution in [0.25, 0.3) is 0 Å². The normalized spacial score (nSPS) is 10.4. The van der Waals surface area contributed by atoms with Crippen molar-refractivity contribution < 1.29 is 14.3 Å². The van der Waals surface area contributed by atoms with E-state index < -0.39 is 12.0 Å². The van der Waals surface area contributed by atoms with Gasteiger partial charge in [0.15, 0.2) is 0 Å². The van der Waals surface area contributed by atoms with E-state index in [1.54, 1.807) is 11.3 Å². The third kappa shape index (κ3) is 14.9. The topological polar surface area (TPSA) is 59.0 Å². The zero-order chi connectivity index (χ0) is 23.2. The molecule has 6 heteroatoms. The quantitative estimate of drug-likeness (QED) is 0.183. The highest BCUT2D eigenvalue weighted by Gasteiger charge is 2.23. The molecule has 1 rings (SSSR count). The number of unbranched alkanes of at least 4 members (excludes halogenated alkanes) is 1. The van der Waals surface area contributed by atoms with E-state index in [0.29, 0.717) is 19.4 Å². The zero-order valence-electron chi connectivity index (χ0n) is 20.4. The molecule has 1 atom stereocenters. The lowest BCUT2D eigenvalue weighted by Crippen LogP contribution is -2.40. The molecule has 0 aliphatic heterocycles. The molecule has 1 amide bonds. The van der Waals surface area contributed by atoms with Crippen molar-refractivity contribution in [1.82, 2.24) is 4.90 Å². The Morgan fingerprint density at radius 1 is 1.10 bits per heavy atom. The Bertz CT molecular complexity index is 540. The summed E-state index contributed by atoms with van der Waals surface area (Å²) in [4.78, 5) is 29.9. The second kappa shape index (κ2) is 22.6. The lowest BCUT2D eigenvalue weighted by molar-refractivity contribution is -0.150. The average Bonchev–Trinajstić information content (AvgIpc) is 3.09. The largest absolute Gasteiger partial charge is 0.464 e. The fraction of sp³-hybridized carbons (Fsp3) is 0.696. The van der Waals surface area contributed by atoms with Crippen LogP contribution in [0.15, 0.2) is 11.1 Å². The minimum atomic E-state index is -0.626. The molecule has 1 heterocycles. The van der Waals surface area contributed by atoms with E-state index in [2.05, 4.69) is 18.8 Å². The van der Waals surface area contributed by atoms with Crippen molar-refractivity contribution in [2.24, 2.45) is 4.99 Å². The van der Waals surface area contributed by atoms with Gasteiger partial charge in [-0.05, 0) is 38.3 Å². The van der Waals surface area contributed by atoms with Crippen LogP contribution in [0.2, 0.25) is 0 Å². The molecule has 0 aliphatic carbocycles. The lowest BCUT2D eigenvalue weighted by Gasteiger charge is -2.21. The van der Waals surface area contributed by atoms with E-state index in [4.69, 9.17) is 4.74 Å². The summed E-state index contributed by atoms with van der Waals surface area (Å²) in [6.07, 6.45) is 5.90. The van der Waals surface area contributed by atoms with E-state index in [-0.39, 0.29) is 0 Å². The standard InChI is InChI=1S/C15H22N2O3S.C4H10.2C2H6/c1-5-7-20-15(19)13(6-2)17(10-18)9-16-14-11(3)8-12(4)21-14;1-3-4-2;2*1-2/h8-10,13H,5-7H2,1-4H3;3-4H2,1-2H3;2*1-2H3/b16-9-;;;. The third-order valence-electron chi connectivity index (χ3n) is 3.41. The zero-order valence-corrected chi connectivity index (χ0v) is 21.2. The number of aryl methyl sites for hydroxylation is 2. The summed E-state index contributed by atoms with van der Waals surface area (Å²) in [5.41, 5.74) is 1.06. The third-order valence-corrected chi connectivity index (χ3v) is 4.47. The number of hydrogen-bond acceptors (Lipinski definition) is 5. The average molecular weight is 429 g/mol. The maximum absolute atomic E-state index is 11.9. The minimum Gasteiger partial charge on any atom is -0.464 e. The van der Waals surface area contributed by atoms with Gasteiger partial charge in [0.2, 0.25) is 6.41 Å². The first-order chi connectivity index (χ1) is 13.9. The summed E-state index contributed by atoms with van der Waals surface area (Å²) in [5, 5.41) is 0.844. The molecule has 0 aliphatic rings. The van der Waals surface area contributed by atoms with Crippen molar-refractivity contribution >= 4 is 35.1 Å². The summed E-state index contributed by atoms with van der Waals surface area (Å²) in [7, 11) is 0. The Labute approximate surface area is 183 Å². The first kappa shape index (κ1) is 32.0. The molecule has 0 N–H and O–H groups in total. The van der Waals surface area contributed by atoms with E-state index in [1.165, 1.54) is 24.1 Å². The van der Waals surface area contributed by atoms with Crippen LogP contribution < -0.4 is 0 Å². The number of hydrogen-bond donors (Lipinski definition) is 0. The van der Waals surface area contributed by atoms with E-state index in [0.717, 1.165) is 21.9 Å². The summed E-state index contributed by atoms with van der Waals surface area (Å²) >= 11 is 1.55.